The maximum absolute atomic E-state index is 2.35. The Balaban J connectivity index is 0.803. The minimum Gasteiger partial charge on any atom is -0.310 e. The number of benzene rings is 12. The first kappa shape index (κ1) is 50.6. The largest absolute Gasteiger partial charge is 0.310 e. The highest BCUT2D eigenvalue weighted by Gasteiger charge is 2.20. The summed E-state index contributed by atoms with van der Waals surface area (Å²) >= 11 is 0. The summed E-state index contributed by atoms with van der Waals surface area (Å²) in [6.07, 6.45) is 0. The summed E-state index contributed by atoms with van der Waals surface area (Å²) in [5, 5.41) is 0. The first-order chi connectivity index (χ1) is 39.3. The fourth-order valence-electron chi connectivity index (χ4n) is 11.2. The Bertz CT molecular complexity index is 3670. The van der Waals surface area contributed by atoms with Gasteiger partial charge in [0.25, 0.3) is 0 Å². The van der Waals surface area contributed by atoms with Gasteiger partial charge in [-0.3, -0.25) is 0 Å². The van der Waals surface area contributed by atoms with Gasteiger partial charge in [-0.05, 0) is 229 Å². The summed E-state index contributed by atoms with van der Waals surface area (Å²) < 4.78 is 0. The maximum Gasteiger partial charge on any atom is 0.0464 e. The van der Waals surface area contributed by atoms with E-state index < -0.39 is 0 Å². The molecular formula is C76H62N4. The Morgan fingerprint density at radius 2 is 0.325 bits per heavy atom. The third-order valence-corrected chi connectivity index (χ3v) is 15.1. The molecule has 0 bridgehead atoms. The van der Waals surface area contributed by atoms with Crippen LogP contribution in [0.5, 0.6) is 0 Å². The molecular weight excluding hydrogens is 969 g/mol. The first-order valence-electron chi connectivity index (χ1n) is 27.5. The standard InChI is InChI=1S/C76H62N4/c1-55-51-69(77(61-23-11-5-12-24-61)62-25-13-6-14-26-62)43-47-73(55)75-49-45-71(53-57(75)3)79(65-31-19-9-20-32-65)67-39-35-59(36-40-67)60-37-41-68(42-38-60)80(66-33-21-10-22-34-66)72-46-50-76(58(4)54-72)74-48-44-70(52-56(74)2)78(63-27-15-7-16-28-63)64-29-17-8-18-30-64/h5-54H,1-4H3. The van der Waals surface area contributed by atoms with Crippen LogP contribution in [0.25, 0.3) is 33.4 Å². The van der Waals surface area contributed by atoms with Crippen molar-refractivity contribution in [1.82, 2.24) is 0 Å². The number of nitrogens with zero attached hydrogens (tertiary/aromatic N) is 4. The highest BCUT2D eigenvalue weighted by molar-refractivity contribution is 5.86. The predicted molar refractivity (Wildman–Crippen MR) is 340 cm³/mol. The number of para-hydroxylation sites is 6. The molecule has 0 aliphatic rings. The number of rotatable bonds is 15. The van der Waals surface area contributed by atoms with E-state index >= 15 is 0 Å². The second-order valence-corrected chi connectivity index (χ2v) is 20.4. The van der Waals surface area contributed by atoms with Crippen LogP contribution in [-0.2, 0) is 0 Å². The van der Waals surface area contributed by atoms with Crippen LogP contribution in [-0.4, -0.2) is 0 Å². The van der Waals surface area contributed by atoms with Crippen molar-refractivity contribution in [3.63, 3.8) is 0 Å². The molecule has 0 aromatic heterocycles. The molecule has 0 aliphatic heterocycles. The quantitative estimate of drug-likeness (QED) is 0.101. The normalized spacial score (nSPS) is 11.0. The highest BCUT2D eigenvalue weighted by Crippen LogP contribution is 2.44. The zero-order valence-corrected chi connectivity index (χ0v) is 45.7. The SMILES string of the molecule is Cc1cc(N(c2ccccc2)c2ccccc2)ccc1-c1ccc(N(c2ccccc2)c2ccc(-c3ccc(N(c4ccccc4)c4ccc(-c5ccc(N(c6ccccc6)c6ccccc6)cc5C)c(C)c4)cc3)cc2)cc1C. The summed E-state index contributed by atoms with van der Waals surface area (Å²) in [5.74, 6) is 0. The maximum atomic E-state index is 2.35. The van der Waals surface area contributed by atoms with E-state index in [0.29, 0.717) is 0 Å². The Hall–Kier alpha value is -10.2. The molecule has 0 radical (unpaired) electrons. The monoisotopic (exact) mass is 1030 g/mol. The van der Waals surface area contributed by atoms with Crippen LogP contribution in [0.3, 0.4) is 0 Å². The molecule has 12 rings (SSSR count). The van der Waals surface area contributed by atoms with Gasteiger partial charge in [0.1, 0.15) is 0 Å². The van der Waals surface area contributed by atoms with Crippen molar-refractivity contribution >= 4 is 68.2 Å². The number of anilines is 12. The summed E-state index contributed by atoms with van der Waals surface area (Å²) in [4.78, 5) is 9.34. The molecule has 0 spiro atoms. The number of aryl methyl sites for hydroxylation is 4. The molecule has 0 amide bonds. The van der Waals surface area contributed by atoms with Gasteiger partial charge in [0.2, 0.25) is 0 Å². The molecule has 386 valence electrons. The lowest BCUT2D eigenvalue weighted by Crippen LogP contribution is -2.11. The first-order valence-corrected chi connectivity index (χ1v) is 27.5. The van der Waals surface area contributed by atoms with E-state index in [9.17, 15) is 0 Å². The summed E-state index contributed by atoms with van der Waals surface area (Å²) in [6, 6.07) is 109. The van der Waals surface area contributed by atoms with Crippen LogP contribution in [0.1, 0.15) is 22.3 Å². The summed E-state index contributed by atoms with van der Waals surface area (Å²) in [7, 11) is 0. The lowest BCUT2D eigenvalue weighted by atomic mass is 9.95. The minimum absolute atomic E-state index is 1.09. The van der Waals surface area contributed by atoms with Gasteiger partial charge >= 0.3 is 0 Å². The average Bonchev–Trinajstić information content (AvgIpc) is 3.50. The Morgan fingerprint density at radius 3 is 0.500 bits per heavy atom. The second-order valence-electron chi connectivity index (χ2n) is 20.4. The highest BCUT2D eigenvalue weighted by atomic mass is 15.2. The van der Waals surface area contributed by atoms with Crippen molar-refractivity contribution in [3.05, 3.63) is 326 Å². The van der Waals surface area contributed by atoms with Gasteiger partial charge in [-0.1, -0.05) is 158 Å². The van der Waals surface area contributed by atoms with Crippen LogP contribution in [0, 0.1) is 27.7 Å². The number of hydrogen-bond donors (Lipinski definition) is 0. The van der Waals surface area contributed by atoms with Crippen LogP contribution in [0.2, 0.25) is 0 Å². The van der Waals surface area contributed by atoms with E-state index in [1.54, 1.807) is 0 Å². The van der Waals surface area contributed by atoms with E-state index in [0.717, 1.165) is 79.4 Å². The fraction of sp³-hybridized carbons (Fsp3) is 0.0526. The molecule has 4 nitrogen and oxygen atoms in total. The van der Waals surface area contributed by atoms with E-state index in [-0.39, 0.29) is 0 Å². The summed E-state index contributed by atoms with van der Waals surface area (Å²) in [6.45, 7) is 8.90. The topological polar surface area (TPSA) is 13.0 Å². The van der Waals surface area contributed by atoms with Crippen molar-refractivity contribution < 1.29 is 0 Å². The van der Waals surface area contributed by atoms with E-state index in [4.69, 9.17) is 0 Å². The van der Waals surface area contributed by atoms with Crippen LogP contribution in [0.4, 0.5) is 68.2 Å². The molecule has 12 aromatic rings. The van der Waals surface area contributed by atoms with Crippen LogP contribution < -0.4 is 19.6 Å². The third kappa shape index (κ3) is 10.5. The molecule has 4 heteroatoms. The van der Waals surface area contributed by atoms with Crippen molar-refractivity contribution in [2.45, 2.75) is 27.7 Å². The minimum atomic E-state index is 1.09. The van der Waals surface area contributed by atoms with Crippen molar-refractivity contribution in [3.8, 4) is 33.4 Å². The molecule has 0 N–H and O–H groups in total. The van der Waals surface area contributed by atoms with Crippen molar-refractivity contribution in [2.75, 3.05) is 19.6 Å². The molecule has 0 unspecified atom stereocenters. The molecule has 0 atom stereocenters. The van der Waals surface area contributed by atoms with Gasteiger partial charge in [-0.25, -0.2) is 0 Å². The zero-order chi connectivity index (χ0) is 54.4. The molecule has 0 aliphatic carbocycles. The molecule has 12 aromatic carbocycles. The lowest BCUT2D eigenvalue weighted by molar-refractivity contribution is 1.26. The van der Waals surface area contributed by atoms with Gasteiger partial charge in [-0.15, -0.1) is 0 Å². The molecule has 0 heterocycles. The third-order valence-electron chi connectivity index (χ3n) is 15.1. The van der Waals surface area contributed by atoms with Crippen LogP contribution in [0.15, 0.2) is 303 Å². The van der Waals surface area contributed by atoms with Crippen molar-refractivity contribution in [1.29, 1.82) is 0 Å². The second kappa shape index (κ2) is 22.8. The molecule has 80 heavy (non-hydrogen) atoms. The van der Waals surface area contributed by atoms with E-state index in [1.165, 1.54) is 44.5 Å². The smallest absolute Gasteiger partial charge is 0.0464 e. The average molecular weight is 1030 g/mol. The van der Waals surface area contributed by atoms with Gasteiger partial charge in [0.05, 0.1) is 0 Å². The zero-order valence-electron chi connectivity index (χ0n) is 45.7. The molecule has 0 fully saturated rings. The van der Waals surface area contributed by atoms with Gasteiger partial charge in [0, 0.05) is 68.2 Å². The Kier molecular flexibility index (Phi) is 14.4. The van der Waals surface area contributed by atoms with Gasteiger partial charge < -0.3 is 19.6 Å². The lowest BCUT2D eigenvalue weighted by Gasteiger charge is -2.28. The van der Waals surface area contributed by atoms with E-state index in [1.807, 2.05) is 0 Å². The summed E-state index contributed by atoms with van der Waals surface area (Å²) in [5.41, 5.74) is 25.4. The molecule has 0 saturated heterocycles. The Labute approximate surface area is 472 Å². The van der Waals surface area contributed by atoms with Crippen LogP contribution >= 0.6 is 0 Å². The van der Waals surface area contributed by atoms with Gasteiger partial charge in [-0.2, -0.15) is 0 Å². The number of hydrogen-bond acceptors (Lipinski definition) is 4. The fourth-order valence-corrected chi connectivity index (χ4v) is 11.2. The van der Waals surface area contributed by atoms with E-state index in [2.05, 4.69) is 351 Å². The Morgan fingerprint density at radius 1 is 0.163 bits per heavy atom. The van der Waals surface area contributed by atoms with Crippen molar-refractivity contribution in [2.24, 2.45) is 0 Å². The van der Waals surface area contributed by atoms with Gasteiger partial charge in [0.15, 0.2) is 0 Å². The molecule has 0 saturated carbocycles. The predicted octanol–water partition coefficient (Wildman–Crippen LogP) is 21.8.